The molecule has 0 aliphatic heterocycles. The highest BCUT2D eigenvalue weighted by Crippen LogP contribution is 1.83. The van der Waals surface area contributed by atoms with Crippen LogP contribution in [0.15, 0.2) is 0 Å². The van der Waals surface area contributed by atoms with Crippen LogP contribution < -0.4 is 5.32 Å². The van der Waals surface area contributed by atoms with Crippen molar-refractivity contribution < 1.29 is 9.53 Å². The van der Waals surface area contributed by atoms with Crippen LogP contribution in [-0.4, -0.2) is 39.3 Å². The van der Waals surface area contributed by atoms with Crippen molar-refractivity contribution in [2.45, 2.75) is 13.5 Å². The van der Waals surface area contributed by atoms with Gasteiger partial charge in [-0.25, -0.2) is 0 Å². The van der Waals surface area contributed by atoms with E-state index < -0.39 is 0 Å². The average molecular weight is 199 g/mol. The number of hydrogen-bond acceptors (Lipinski definition) is 6. The van der Waals surface area contributed by atoms with E-state index in [4.69, 9.17) is 4.74 Å². The fraction of sp³-hybridized carbons (Fsp3) is 0.714. The molecule has 0 saturated heterocycles. The zero-order chi connectivity index (χ0) is 10.4. The van der Waals surface area contributed by atoms with Crippen LogP contribution >= 0.6 is 0 Å². The van der Waals surface area contributed by atoms with Gasteiger partial charge in [-0.1, -0.05) is 0 Å². The normalized spacial score (nSPS) is 10.1. The van der Waals surface area contributed by atoms with Gasteiger partial charge in [0.1, 0.15) is 0 Å². The fourth-order valence-corrected chi connectivity index (χ4v) is 0.882. The van der Waals surface area contributed by atoms with Gasteiger partial charge in [0.2, 0.25) is 0 Å². The maximum Gasteiger partial charge on any atom is 0.319 e. The zero-order valence-electron chi connectivity index (χ0n) is 8.23. The van der Waals surface area contributed by atoms with E-state index in [1.807, 2.05) is 0 Å². The Morgan fingerprint density at radius 2 is 2.43 bits per heavy atom. The van der Waals surface area contributed by atoms with Gasteiger partial charge in [-0.05, 0) is 12.1 Å². The van der Waals surface area contributed by atoms with E-state index in [1.165, 1.54) is 4.80 Å². The molecule has 0 atom stereocenters. The van der Waals surface area contributed by atoms with Crippen molar-refractivity contribution in [2.24, 2.45) is 7.05 Å². The lowest BCUT2D eigenvalue weighted by atomic mass is 10.5. The zero-order valence-corrected chi connectivity index (χ0v) is 8.23. The highest BCUT2D eigenvalue weighted by Gasteiger charge is 2.03. The van der Waals surface area contributed by atoms with Gasteiger partial charge in [-0.3, -0.25) is 10.1 Å². The molecule has 0 aliphatic carbocycles. The molecule has 0 amide bonds. The standard InChI is InChI=1S/C7H13N5O2/c1-3-14-7(13)5-8-4-6-9-11-12(2)10-6/h8H,3-5H2,1-2H3. The predicted molar refractivity (Wildman–Crippen MR) is 47.1 cm³/mol. The number of hydrogen-bond donors (Lipinski definition) is 1. The molecule has 7 nitrogen and oxygen atoms in total. The van der Waals surface area contributed by atoms with Gasteiger partial charge >= 0.3 is 5.97 Å². The van der Waals surface area contributed by atoms with Crippen LogP contribution in [0.2, 0.25) is 0 Å². The summed E-state index contributed by atoms with van der Waals surface area (Å²) in [6.07, 6.45) is 0. The van der Waals surface area contributed by atoms with Crippen molar-refractivity contribution in [3.63, 3.8) is 0 Å². The van der Waals surface area contributed by atoms with E-state index in [0.29, 0.717) is 19.0 Å². The molecule has 0 fully saturated rings. The topological polar surface area (TPSA) is 81.9 Å². The van der Waals surface area contributed by atoms with Crippen LogP contribution in [0.3, 0.4) is 0 Å². The number of ether oxygens (including phenoxy) is 1. The largest absolute Gasteiger partial charge is 0.465 e. The van der Waals surface area contributed by atoms with E-state index in [1.54, 1.807) is 14.0 Å². The minimum absolute atomic E-state index is 0.159. The van der Waals surface area contributed by atoms with Crippen LogP contribution in [0.25, 0.3) is 0 Å². The smallest absolute Gasteiger partial charge is 0.319 e. The summed E-state index contributed by atoms with van der Waals surface area (Å²) in [5, 5.41) is 14.2. The van der Waals surface area contributed by atoms with Gasteiger partial charge in [-0.2, -0.15) is 4.80 Å². The molecule has 0 unspecified atom stereocenters. The van der Waals surface area contributed by atoms with Gasteiger partial charge in [-0.15, -0.1) is 10.2 Å². The number of tetrazole rings is 1. The minimum Gasteiger partial charge on any atom is -0.465 e. The Hall–Kier alpha value is -1.50. The SMILES string of the molecule is CCOC(=O)CNCc1nnn(C)n1. The molecule has 1 N–H and O–H groups in total. The molecule has 0 radical (unpaired) electrons. The second-order valence-electron chi connectivity index (χ2n) is 2.60. The van der Waals surface area contributed by atoms with E-state index in [-0.39, 0.29) is 12.5 Å². The monoisotopic (exact) mass is 199 g/mol. The van der Waals surface area contributed by atoms with E-state index in [0.717, 1.165) is 0 Å². The van der Waals surface area contributed by atoms with Crippen LogP contribution in [0.4, 0.5) is 0 Å². The van der Waals surface area contributed by atoms with Crippen LogP contribution in [0.5, 0.6) is 0 Å². The van der Waals surface area contributed by atoms with Gasteiger partial charge < -0.3 is 4.74 Å². The Morgan fingerprint density at radius 1 is 1.64 bits per heavy atom. The number of nitrogens with one attached hydrogen (secondary N) is 1. The van der Waals surface area contributed by atoms with Crippen LogP contribution in [0.1, 0.15) is 12.7 Å². The first-order valence-electron chi connectivity index (χ1n) is 4.31. The van der Waals surface area contributed by atoms with Crippen molar-refractivity contribution >= 4 is 5.97 Å². The van der Waals surface area contributed by atoms with Crippen molar-refractivity contribution in [2.75, 3.05) is 13.2 Å². The highest BCUT2D eigenvalue weighted by molar-refractivity contribution is 5.71. The van der Waals surface area contributed by atoms with E-state index >= 15 is 0 Å². The van der Waals surface area contributed by atoms with Crippen molar-refractivity contribution in [3.05, 3.63) is 5.82 Å². The molecule has 1 aromatic heterocycles. The molecular formula is C7H13N5O2. The first kappa shape index (κ1) is 10.6. The molecule has 1 aromatic rings. The first-order valence-corrected chi connectivity index (χ1v) is 4.31. The molecule has 0 spiro atoms. The second kappa shape index (κ2) is 5.28. The molecule has 0 saturated carbocycles. The second-order valence-corrected chi connectivity index (χ2v) is 2.60. The third kappa shape index (κ3) is 3.48. The Labute approximate surface area is 81.4 Å². The maximum absolute atomic E-state index is 10.9. The lowest BCUT2D eigenvalue weighted by molar-refractivity contribution is -0.142. The van der Waals surface area contributed by atoms with Gasteiger partial charge in [0.05, 0.1) is 26.7 Å². The summed E-state index contributed by atoms with van der Waals surface area (Å²) in [6.45, 7) is 2.73. The molecule has 1 rings (SSSR count). The minimum atomic E-state index is -0.281. The maximum atomic E-state index is 10.9. The van der Waals surface area contributed by atoms with Crippen molar-refractivity contribution in [1.82, 2.24) is 25.5 Å². The molecule has 78 valence electrons. The summed E-state index contributed by atoms with van der Waals surface area (Å²) in [6, 6.07) is 0. The van der Waals surface area contributed by atoms with Crippen LogP contribution in [-0.2, 0) is 23.1 Å². The summed E-state index contributed by atoms with van der Waals surface area (Å²) in [7, 11) is 1.68. The van der Waals surface area contributed by atoms with Gasteiger partial charge in [0.25, 0.3) is 0 Å². The number of aryl methyl sites for hydroxylation is 1. The number of rotatable bonds is 5. The fourth-order valence-electron chi connectivity index (χ4n) is 0.882. The van der Waals surface area contributed by atoms with Crippen LogP contribution in [0, 0.1) is 0 Å². The Kier molecular flexibility index (Phi) is 3.99. The summed E-state index contributed by atoms with van der Waals surface area (Å²) in [5.41, 5.74) is 0. The van der Waals surface area contributed by atoms with Gasteiger partial charge in [0, 0.05) is 0 Å². The average Bonchev–Trinajstić information content (AvgIpc) is 2.52. The molecule has 7 heteroatoms. The molecule has 1 heterocycles. The number of carbonyl (C=O) groups excluding carboxylic acids is 1. The first-order chi connectivity index (χ1) is 6.72. The summed E-state index contributed by atoms with van der Waals surface area (Å²) < 4.78 is 4.72. The molecule has 0 aromatic carbocycles. The lowest BCUT2D eigenvalue weighted by Gasteiger charge is -2.01. The lowest BCUT2D eigenvalue weighted by Crippen LogP contribution is -2.24. The predicted octanol–water partition coefficient (Wildman–Crippen LogP) is -1.14. The Bertz CT molecular complexity index is 298. The summed E-state index contributed by atoms with van der Waals surface area (Å²) in [4.78, 5) is 12.3. The summed E-state index contributed by atoms with van der Waals surface area (Å²) >= 11 is 0. The van der Waals surface area contributed by atoms with Gasteiger partial charge in [0.15, 0.2) is 5.82 Å². The van der Waals surface area contributed by atoms with Crippen molar-refractivity contribution in [3.8, 4) is 0 Å². The molecule has 0 aliphatic rings. The quantitative estimate of drug-likeness (QED) is 0.604. The number of nitrogens with zero attached hydrogens (tertiary/aromatic N) is 4. The Morgan fingerprint density at radius 3 is 3.00 bits per heavy atom. The molecule has 0 bridgehead atoms. The van der Waals surface area contributed by atoms with E-state index in [9.17, 15) is 4.79 Å². The third-order valence-corrected chi connectivity index (χ3v) is 1.41. The summed E-state index contributed by atoms with van der Waals surface area (Å²) in [5.74, 6) is 0.271. The van der Waals surface area contributed by atoms with E-state index in [2.05, 4.69) is 20.7 Å². The number of esters is 1. The Balaban J connectivity index is 2.18. The highest BCUT2D eigenvalue weighted by atomic mass is 16.5. The molecular weight excluding hydrogens is 186 g/mol. The third-order valence-electron chi connectivity index (χ3n) is 1.41. The number of aromatic nitrogens is 4. The number of carbonyl (C=O) groups is 1. The molecule has 14 heavy (non-hydrogen) atoms. The van der Waals surface area contributed by atoms with Crippen molar-refractivity contribution in [1.29, 1.82) is 0 Å².